The Morgan fingerprint density at radius 3 is 2.71 bits per heavy atom. The lowest BCUT2D eigenvalue weighted by molar-refractivity contribution is -0.158. The zero-order chi connectivity index (χ0) is 12.5. The molecule has 2 bridgehead atoms. The van der Waals surface area contributed by atoms with E-state index in [1.54, 1.807) is 0 Å². The first-order chi connectivity index (χ1) is 7.87. The quantitative estimate of drug-likeness (QED) is 0.703. The van der Waals surface area contributed by atoms with E-state index < -0.39 is 11.4 Å². The molecule has 0 aromatic carbocycles. The third-order valence-corrected chi connectivity index (χ3v) is 6.69. The minimum absolute atomic E-state index is 0.0179. The van der Waals surface area contributed by atoms with Crippen molar-refractivity contribution in [2.75, 3.05) is 0 Å². The summed E-state index contributed by atoms with van der Waals surface area (Å²) in [4.78, 5) is 12.0. The van der Waals surface area contributed by atoms with E-state index in [2.05, 4.69) is 20.4 Å². The number of carboxylic acids is 1. The first-order valence-electron chi connectivity index (χ1n) is 6.78. The van der Waals surface area contributed by atoms with E-state index in [4.69, 9.17) is 0 Å². The molecule has 2 heteroatoms. The summed E-state index contributed by atoms with van der Waals surface area (Å²) in [6.45, 7) is 8.74. The molecule has 0 saturated heterocycles. The lowest BCUT2D eigenvalue weighted by atomic mass is 9.58. The molecule has 17 heavy (non-hydrogen) atoms. The first-order valence-corrected chi connectivity index (χ1v) is 6.78. The van der Waals surface area contributed by atoms with Crippen molar-refractivity contribution in [3.63, 3.8) is 0 Å². The average molecular weight is 234 g/mol. The van der Waals surface area contributed by atoms with Gasteiger partial charge in [0, 0.05) is 0 Å². The van der Waals surface area contributed by atoms with Crippen LogP contribution in [0, 0.1) is 22.2 Å². The van der Waals surface area contributed by atoms with Crippen LogP contribution in [0.3, 0.4) is 0 Å². The minimum Gasteiger partial charge on any atom is -0.481 e. The van der Waals surface area contributed by atoms with Crippen LogP contribution >= 0.6 is 0 Å². The van der Waals surface area contributed by atoms with Gasteiger partial charge in [0.15, 0.2) is 0 Å². The predicted octanol–water partition coefficient (Wildman–Crippen LogP) is 3.62. The van der Waals surface area contributed by atoms with E-state index in [-0.39, 0.29) is 16.7 Å². The Balaban J connectivity index is 2.23. The molecule has 2 nitrogen and oxygen atoms in total. The van der Waals surface area contributed by atoms with Gasteiger partial charge in [0.1, 0.15) is 0 Å². The fraction of sp³-hybridized carbons (Fsp3) is 0.800. The molecule has 0 spiro atoms. The predicted molar refractivity (Wildman–Crippen MR) is 66.6 cm³/mol. The van der Waals surface area contributed by atoms with Gasteiger partial charge in [0.25, 0.3) is 0 Å². The summed E-state index contributed by atoms with van der Waals surface area (Å²) in [5.74, 6) is -0.333. The fourth-order valence-electron chi connectivity index (χ4n) is 5.44. The molecular weight excluding hydrogens is 212 g/mol. The van der Waals surface area contributed by atoms with Crippen LogP contribution in [-0.2, 0) is 4.79 Å². The van der Waals surface area contributed by atoms with E-state index >= 15 is 0 Å². The van der Waals surface area contributed by atoms with Gasteiger partial charge < -0.3 is 5.11 Å². The molecule has 94 valence electrons. The zero-order valence-electron chi connectivity index (χ0n) is 10.9. The number of fused-ring (bicyclic) bond motifs is 5. The Labute approximate surface area is 103 Å². The van der Waals surface area contributed by atoms with Crippen molar-refractivity contribution in [2.24, 2.45) is 22.2 Å². The third-order valence-electron chi connectivity index (χ3n) is 6.69. The molecule has 3 fully saturated rings. The summed E-state index contributed by atoms with van der Waals surface area (Å²) < 4.78 is 0. The zero-order valence-corrected chi connectivity index (χ0v) is 10.9. The molecule has 0 unspecified atom stereocenters. The standard InChI is InChI=1S/C15H22O2/c1-10-5-8-13(2)9-11(10)15(12(16)17)7-4-6-14(13,15)3/h11H,1,4-9H2,2-3H3,(H,16,17)/t11-,13-,14-,15+/m1/s1. The molecular formula is C15H22O2. The van der Waals surface area contributed by atoms with E-state index in [9.17, 15) is 9.90 Å². The maximum Gasteiger partial charge on any atom is 0.310 e. The normalized spacial score (nSPS) is 52.6. The highest BCUT2D eigenvalue weighted by molar-refractivity contribution is 5.78. The molecule has 1 N–H and O–H groups in total. The molecule has 4 atom stereocenters. The minimum atomic E-state index is -0.561. The Kier molecular flexibility index (Phi) is 1.97. The van der Waals surface area contributed by atoms with Gasteiger partial charge in [-0.3, -0.25) is 4.79 Å². The number of hydrogen-bond acceptors (Lipinski definition) is 1. The van der Waals surface area contributed by atoms with E-state index in [1.165, 1.54) is 5.57 Å². The monoisotopic (exact) mass is 234 g/mol. The van der Waals surface area contributed by atoms with Crippen molar-refractivity contribution < 1.29 is 9.90 Å². The number of allylic oxidation sites excluding steroid dienone is 1. The van der Waals surface area contributed by atoms with Crippen LogP contribution in [-0.4, -0.2) is 11.1 Å². The third kappa shape index (κ3) is 0.974. The second-order valence-corrected chi connectivity index (χ2v) is 6.94. The first kappa shape index (κ1) is 11.3. The van der Waals surface area contributed by atoms with Gasteiger partial charge in [0.05, 0.1) is 5.41 Å². The van der Waals surface area contributed by atoms with Crippen LogP contribution in [0.4, 0.5) is 0 Å². The van der Waals surface area contributed by atoms with Crippen LogP contribution in [0.5, 0.6) is 0 Å². The van der Waals surface area contributed by atoms with Crippen LogP contribution in [0.15, 0.2) is 12.2 Å². The summed E-state index contributed by atoms with van der Waals surface area (Å²) >= 11 is 0. The summed E-state index contributed by atoms with van der Waals surface area (Å²) in [5.41, 5.74) is 0.898. The van der Waals surface area contributed by atoms with Crippen LogP contribution in [0.25, 0.3) is 0 Å². The summed E-state index contributed by atoms with van der Waals surface area (Å²) in [5, 5.41) is 9.88. The Morgan fingerprint density at radius 1 is 1.35 bits per heavy atom. The molecule has 0 amide bonds. The number of carbonyl (C=O) groups is 1. The van der Waals surface area contributed by atoms with Crippen molar-refractivity contribution in [1.29, 1.82) is 0 Å². The van der Waals surface area contributed by atoms with E-state index in [1.807, 2.05) is 0 Å². The summed E-state index contributed by atoms with van der Waals surface area (Å²) in [6, 6.07) is 0. The number of carboxylic acid groups (broad SMARTS) is 1. The van der Waals surface area contributed by atoms with Gasteiger partial charge in [-0.05, 0) is 48.9 Å². The number of hydrogen-bond donors (Lipinski definition) is 1. The molecule has 0 radical (unpaired) electrons. The molecule has 3 aliphatic carbocycles. The van der Waals surface area contributed by atoms with Crippen molar-refractivity contribution in [2.45, 2.75) is 52.4 Å². The second kappa shape index (κ2) is 2.96. The van der Waals surface area contributed by atoms with Crippen molar-refractivity contribution in [1.82, 2.24) is 0 Å². The van der Waals surface area contributed by atoms with Gasteiger partial charge in [0.2, 0.25) is 0 Å². The van der Waals surface area contributed by atoms with Crippen LogP contribution < -0.4 is 0 Å². The fourth-order valence-corrected chi connectivity index (χ4v) is 5.44. The van der Waals surface area contributed by atoms with Crippen molar-refractivity contribution in [3.05, 3.63) is 12.2 Å². The van der Waals surface area contributed by atoms with Gasteiger partial charge in [-0.15, -0.1) is 0 Å². The van der Waals surface area contributed by atoms with Gasteiger partial charge in [-0.2, -0.15) is 0 Å². The Bertz CT molecular complexity index is 413. The molecule has 0 aliphatic heterocycles. The van der Waals surface area contributed by atoms with Crippen LogP contribution in [0.1, 0.15) is 52.4 Å². The molecule has 0 aromatic heterocycles. The van der Waals surface area contributed by atoms with E-state index in [0.29, 0.717) is 0 Å². The topological polar surface area (TPSA) is 37.3 Å². The van der Waals surface area contributed by atoms with E-state index in [0.717, 1.165) is 38.5 Å². The smallest absolute Gasteiger partial charge is 0.310 e. The van der Waals surface area contributed by atoms with Crippen molar-refractivity contribution >= 4 is 5.97 Å². The lowest BCUT2D eigenvalue weighted by Crippen LogP contribution is -2.46. The SMILES string of the molecule is C=C1CC[C@]2(C)C[C@H]1[C@]1(C(=O)O)CCC[C@]21C. The highest BCUT2D eigenvalue weighted by Crippen LogP contribution is 2.77. The second-order valence-electron chi connectivity index (χ2n) is 6.94. The van der Waals surface area contributed by atoms with Crippen LogP contribution in [0.2, 0.25) is 0 Å². The van der Waals surface area contributed by atoms with Gasteiger partial charge in [-0.25, -0.2) is 0 Å². The number of aliphatic carboxylic acids is 1. The lowest BCUT2D eigenvalue weighted by Gasteiger charge is -2.44. The maximum absolute atomic E-state index is 12.0. The maximum atomic E-state index is 12.0. The van der Waals surface area contributed by atoms with Gasteiger partial charge >= 0.3 is 5.97 Å². The molecule has 0 aromatic rings. The Hall–Kier alpha value is -0.790. The molecule has 3 rings (SSSR count). The summed E-state index contributed by atoms with van der Waals surface area (Å²) in [7, 11) is 0. The molecule has 3 aliphatic rings. The molecule has 3 saturated carbocycles. The van der Waals surface area contributed by atoms with Gasteiger partial charge in [-0.1, -0.05) is 32.4 Å². The largest absolute Gasteiger partial charge is 0.481 e. The van der Waals surface area contributed by atoms with Crippen molar-refractivity contribution in [3.8, 4) is 0 Å². The number of rotatable bonds is 1. The molecule has 0 heterocycles. The highest BCUT2D eigenvalue weighted by Gasteiger charge is 2.73. The summed E-state index contributed by atoms with van der Waals surface area (Å²) in [6.07, 6.45) is 6.23. The average Bonchev–Trinajstić information content (AvgIpc) is 2.68. The Morgan fingerprint density at radius 2 is 2.06 bits per heavy atom. The highest BCUT2D eigenvalue weighted by atomic mass is 16.4.